The molecule has 1 saturated heterocycles. The van der Waals surface area contributed by atoms with Gasteiger partial charge in [0.15, 0.2) is 0 Å². The first-order valence-electron chi connectivity index (χ1n) is 7.36. The highest BCUT2D eigenvalue weighted by atomic mass is 15.1. The molecule has 1 unspecified atom stereocenters. The van der Waals surface area contributed by atoms with Gasteiger partial charge in [0.25, 0.3) is 0 Å². The second-order valence-electron chi connectivity index (χ2n) is 6.00. The number of hydrogen-bond acceptors (Lipinski definition) is 2. The molecule has 1 saturated carbocycles. The number of nitrogens with zero attached hydrogens (tertiary/aromatic N) is 1. The van der Waals surface area contributed by atoms with E-state index in [1.807, 2.05) is 0 Å². The summed E-state index contributed by atoms with van der Waals surface area (Å²) in [5.41, 5.74) is 8.84. The molecule has 3 rings (SSSR count). The molecule has 0 aromatic heterocycles. The molecule has 2 fully saturated rings. The van der Waals surface area contributed by atoms with Crippen LogP contribution in [0.4, 0.5) is 0 Å². The van der Waals surface area contributed by atoms with Gasteiger partial charge in [0.1, 0.15) is 0 Å². The Hall–Kier alpha value is -0.860. The minimum Gasteiger partial charge on any atom is -0.330 e. The van der Waals surface area contributed by atoms with Crippen molar-refractivity contribution in [2.45, 2.75) is 38.1 Å². The fourth-order valence-electron chi connectivity index (χ4n) is 3.11. The van der Waals surface area contributed by atoms with E-state index in [2.05, 4.69) is 29.2 Å². The summed E-state index contributed by atoms with van der Waals surface area (Å²) in [4.78, 5) is 2.58. The van der Waals surface area contributed by atoms with Crippen LogP contribution in [-0.2, 0) is 6.54 Å². The fourth-order valence-corrected chi connectivity index (χ4v) is 3.11. The van der Waals surface area contributed by atoms with Crippen molar-refractivity contribution in [3.05, 3.63) is 35.4 Å². The maximum absolute atomic E-state index is 5.80. The van der Waals surface area contributed by atoms with E-state index in [-0.39, 0.29) is 0 Å². The smallest absolute Gasteiger partial charge is 0.0233 e. The van der Waals surface area contributed by atoms with Crippen molar-refractivity contribution in [3.63, 3.8) is 0 Å². The number of benzene rings is 1. The van der Waals surface area contributed by atoms with Crippen LogP contribution in [0.2, 0.25) is 0 Å². The lowest BCUT2D eigenvalue weighted by Gasteiger charge is -2.32. The van der Waals surface area contributed by atoms with Crippen LogP contribution in [0.1, 0.15) is 42.7 Å². The lowest BCUT2D eigenvalue weighted by atomic mass is 9.97. The van der Waals surface area contributed by atoms with Gasteiger partial charge in [-0.2, -0.15) is 0 Å². The van der Waals surface area contributed by atoms with Crippen LogP contribution in [0.3, 0.4) is 0 Å². The first kappa shape index (κ1) is 12.2. The van der Waals surface area contributed by atoms with Crippen LogP contribution in [0.5, 0.6) is 0 Å². The van der Waals surface area contributed by atoms with E-state index >= 15 is 0 Å². The molecule has 2 aliphatic rings. The molecule has 18 heavy (non-hydrogen) atoms. The highest BCUT2D eigenvalue weighted by molar-refractivity contribution is 5.29. The normalized spacial score (nSPS) is 25.3. The zero-order valence-corrected chi connectivity index (χ0v) is 11.1. The lowest BCUT2D eigenvalue weighted by molar-refractivity contribution is 0.171. The predicted octanol–water partition coefficient (Wildman–Crippen LogP) is 2.73. The van der Waals surface area contributed by atoms with Crippen LogP contribution in [0.15, 0.2) is 24.3 Å². The third kappa shape index (κ3) is 2.93. The Kier molecular flexibility index (Phi) is 3.67. The molecule has 0 radical (unpaired) electrons. The Bertz CT molecular complexity index is 398. The van der Waals surface area contributed by atoms with Crippen molar-refractivity contribution in [2.24, 2.45) is 11.7 Å². The quantitative estimate of drug-likeness (QED) is 0.882. The number of piperidine rings is 1. The average molecular weight is 244 g/mol. The second-order valence-corrected chi connectivity index (χ2v) is 6.00. The van der Waals surface area contributed by atoms with E-state index < -0.39 is 0 Å². The zero-order valence-electron chi connectivity index (χ0n) is 11.1. The monoisotopic (exact) mass is 244 g/mol. The van der Waals surface area contributed by atoms with E-state index in [0.717, 1.165) is 19.0 Å². The predicted molar refractivity (Wildman–Crippen MR) is 75.5 cm³/mol. The molecule has 2 N–H and O–H groups in total. The molecule has 0 amide bonds. The number of hydrogen-bond donors (Lipinski definition) is 1. The van der Waals surface area contributed by atoms with Crippen molar-refractivity contribution in [1.82, 2.24) is 4.90 Å². The van der Waals surface area contributed by atoms with Gasteiger partial charge >= 0.3 is 0 Å². The largest absolute Gasteiger partial charge is 0.330 e. The number of nitrogens with two attached hydrogens (primary N) is 1. The van der Waals surface area contributed by atoms with Gasteiger partial charge in [-0.1, -0.05) is 24.3 Å². The maximum atomic E-state index is 5.80. The van der Waals surface area contributed by atoms with Gasteiger partial charge in [-0.25, -0.2) is 0 Å². The molecule has 2 heteroatoms. The topological polar surface area (TPSA) is 29.3 Å². The van der Waals surface area contributed by atoms with Gasteiger partial charge < -0.3 is 5.73 Å². The van der Waals surface area contributed by atoms with Crippen molar-refractivity contribution in [2.75, 3.05) is 19.6 Å². The highest BCUT2D eigenvalue weighted by Crippen LogP contribution is 2.40. The van der Waals surface area contributed by atoms with Crippen molar-refractivity contribution >= 4 is 0 Å². The summed E-state index contributed by atoms with van der Waals surface area (Å²) in [5, 5.41) is 0. The van der Waals surface area contributed by atoms with Crippen LogP contribution in [0, 0.1) is 5.92 Å². The molecule has 0 spiro atoms. The molecule has 2 nitrogen and oxygen atoms in total. The van der Waals surface area contributed by atoms with Gasteiger partial charge in [-0.05, 0) is 61.7 Å². The highest BCUT2D eigenvalue weighted by Gasteiger charge is 2.24. The SMILES string of the molecule is NCC1CCCN(Cc2cccc(C3CC3)c2)C1. The van der Waals surface area contributed by atoms with Gasteiger partial charge in [0.2, 0.25) is 0 Å². The molecule has 1 aromatic carbocycles. The van der Waals surface area contributed by atoms with Crippen LogP contribution in [-0.4, -0.2) is 24.5 Å². The summed E-state index contributed by atoms with van der Waals surface area (Å²) in [6.07, 6.45) is 5.41. The Morgan fingerprint density at radius 2 is 2.11 bits per heavy atom. The van der Waals surface area contributed by atoms with Gasteiger partial charge in [0, 0.05) is 13.1 Å². The molecule has 1 atom stereocenters. The third-order valence-electron chi connectivity index (χ3n) is 4.34. The zero-order chi connectivity index (χ0) is 12.4. The Morgan fingerprint density at radius 1 is 1.22 bits per heavy atom. The Morgan fingerprint density at radius 3 is 2.89 bits per heavy atom. The first-order valence-corrected chi connectivity index (χ1v) is 7.36. The molecule has 1 aliphatic carbocycles. The Balaban J connectivity index is 1.62. The van der Waals surface area contributed by atoms with Crippen molar-refractivity contribution in [1.29, 1.82) is 0 Å². The summed E-state index contributed by atoms with van der Waals surface area (Å²) in [6.45, 7) is 4.38. The average Bonchev–Trinajstić information content (AvgIpc) is 3.24. The Labute approximate surface area is 110 Å². The first-order chi connectivity index (χ1) is 8.85. The van der Waals surface area contributed by atoms with E-state index in [1.165, 1.54) is 44.3 Å². The minimum atomic E-state index is 0.713. The summed E-state index contributed by atoms with van der Waals surface area (Å²) in [5.74, 6) is 1.58. The second kappa shape index (κ2) is 5.41. The van der Waals surface area contributed by atoms with Crippen molar-refractivity contribution in [3.8, 4) is 0 Å². The summed E-state index contributed by atoms with van der Waals surface area (Å²) in [6, 6.07) is 9.22. The molecule has 1 heterocycles. The lowest BCUT2D eigenvalue weighted by Crippen LogP contribution is -2.37. The molecule has 98 valence electrons. The van der Waals surface area contributed by atoms with Gasteiger partial charge in [-0.3, -0.25) is 4.90 Å². The summed E-state index contributed by atoms with van der Waals surface area (Å²) < 4.78 is 0. The third-order valence-corrected chi connectivity index (χ3v) is 4.34. The van der Waals surface area contributed by atoms with Crippen LogP contribution < -0.4 is 5.73 Å². The van der Waals surface area contributed by atoms with Gasteiger partial charge in [-0.15, -0.1) is 0 Å². The van der Waals surface area contributed by atoms with Crippen LogP contribution in [0.25, 0.3) is 0 Å². The molecular formula is C16H24N2. The van der Waals surface area contributed by atoms with Gasteiger partial charge in [0.05, 0.1) is 0 Å². The van der Waals surface area contributed by atoms with E-state index in [4.69, 9.17) is 5.73 Å². The molecule has 1 aliphatic heterocycles. The van der Waals surface area contributed by atoms with Crippen molar-refractivity contribution < 1.29 is 0 Å². The molecular weight excluding hydrogens is 220 g/mol. The number of likely N-dealkylation sites (tertiary alicyclic amines) is 1. The maximum Gasteiger partial charge on any atom is 0.0233 e. The molecule has 1 aromatic rings. The minimum absolute atomic E-state index is 0.713. The van der Waals surface area contributed by atoms with E-state index in [0.29, 0.717) is 5.92 Å². The molecule has 0 bridgehead atoms. The summed E-state index contributed by atoms with van der Waals surface area (Å²) in [7, 11) is 0. The fraction of sp³-hybridized carbons (Fsp3) is 0.625. The summed E-state index contributed by atoms with van der Waals surface area (Å²) >= 11 is 0. The van der Waals surface area contributed by atoms with E-state index in [1.54, 1.807) is 5.56 Å². The van der Waals surface area contributed by atoms with Crippen LogP contribution >= 0.6 is 0 Å². The number of rotatable bonds is 4. The standard InChI is InChI=1S/C16H24N2/c17-10-14-4-2-8-18(12-14)11-13-3-1-5-16(9-13)15-6-7-15/h1,3,5,9,14-15H,2,4,6-8,10-12,17H2. The van der Waals surface area contributed by atoms with E-state index in [9.17, 15) is 0 Å².